The number of amidine groups is 1. The number of fused-ring (bicyclic) bond motifs is 1. The summed E-state index contributed by atoms with van der Waals surface area (Å²) >= 11 is 0. The average molecular weight is 517 g/mol. The van der Waals surface area contributed by atoms with Crippen LogP contribution in [-0.4, -0.2) is 57.1 Å². The van der Waals surface area contributed by atoms with Crippen molar-refractivity contribution in [3.63, 3.8) is 0 Å². The second kappa shape index (κ2) is 11.4. The molecule has 2 aromatic heterocycles. The SMILES string of the molecule is N#CC1CCCN(c2nc(Nc3ccc(CN4CCC(/C(N)=N/NN)CC4)cc3)c3c(=O)[nH]ncc3n2)C1. The van der Waals surface area contributed by atoms with Gasteiger partial charge in [0.25, 0.3) is 5.56 Å². The van der Waals surface area contributed by atoms with Crippen LogP contribution in [0.4, 0.5) is 17.5 Å². The Kier molecular flexibility index (Phi) is 7.62. The summed E-state index contributed by atoms with van der Waals surface area (Å²) in [5.74, 6) is 6.88. The standard InChI is InChI=1S/C25H32N12O/c26-12-17-2-1-9-37(15-17)25-31-20-13-29-34-24(38)21(20)23(32-25)30-19-5-3-16(4-6-19)14-36-10-7-18(8-11-36)22(27)33-35-28/h3-6,13,17-18,35H,1-2,7-11,14-15,28H2,(H2,27,33)(H,34,38)(H,30,31,32). The van der Waals surface area contributed by atoms with E-state index < -0.39 is 0 Å². The summed E-state index contributed by atoms with van der Waals surface area (Å²) in [5.41, 5.74) is 10.3. The van der Waals surface area contributed by atoms with E-state index in [2.05, 4.69) is 54.2 Å². The van der Waals surface area contributed by atoms with Crippen LogP contribution in [-0.2, 0) is 6.54 Å². The van der Waals surface area contributed by atoms with Gasteiger partial charge in [0.15, 0.2) is 0 Å². The van der Waals surface area contributed by atoms with Gasteiger partial charge in [-0.3, -0.25) is 9.69 Å². The lowest BCUT2D eigenvalue weighted by atomic mass is 9.95. The molecule has 4 heterocycles. The number of nitrogens with zero attached hydrogens (tertiary/aromatic N) is 7. The van der Waals surface area contributed by atoms with Gasteiger partial charge < -0.3 is 16.0 Å². The third-order valence-corrected chi connectivity index (χ3v) is 7.21. The lowest BCUT2D eigenvalue weighted by Gasteiger charge is -2.31. The number of aromatic nitrogens is 4. The second-order valence-electron chi connectivity index (χ2n) is 9.78. The fraction of sp³-hybridized carbons (Fsp3) is 0.440. The van der Waals surface area contributed by atoms with Gasteiger partial charge in [-0.15, -0.1) is 0 Å². The molecule has 0 bridgehead atoms. The molecule has 198 valence electrons. The maximum Gasteiger partial charge on any atom is 0.277 e. The summed E-state index contributed by atoms with van der Waals surface area (Å²) < 4.78 is 0. The number of H-pyrrole nitrogens is 1. The quantitative estimate of drug-likeness (QED) is 0.131. The van der Waals surface area contributed by atoms with Crippen LogP contribution in [0.15, 0.2) is 40.4 Å². The number of rotatable bonds is 7. The Morgan fingerprint density at radius 2 is 1.97 bits per heavy atom. The van der Waals surface area contributed by atoms with E-state index in [1.165, 1.54) is 11.8 Å². The van der Waals surface area contributed by atoms with Gasteiger partial charge in [-0.25, -0.2) is 21.5 Å². The van der Waals surface area contributed by atoms with Crippen LogP contribution in [0.5, 0.6) is 0 Å². The molecule has 3 aromatic rings. The van der Waals surface area contributed by atoms with Crippen molar-refractivity contribution >= 4 is 34.2 Å². The molecule has 38 heavy (non-hydrogen) atoms. The zero-order valence-electron chi connectivity index (χ0n) is 21.1. The molecule has 2 saturated heterocycles. The highest BCUT2D eigenvalue weighted by Crippen LogP contribution is 2.27. The van der Waals surface area contributed by atoms with Gasteiger partial charge in [-0.05, 0) is 56.5 Å². The van der Waals surface area contributed by atoms with Crippen LogP contribution < -0.4 is 32.9 Å². The summed E-state index contributed by atoms with van der Waals surface area (Å²) in [7, 11) is 0. The molecule has 0 aliphatic carbocycles. The average Bonchev–Trinajstić information content (AvgIpc) is 2.94. The molecule has 1 atom stereocenters. The molecule has 0 amide bonds. The Bertz CT molecular complexity index is 1390. The van der Waals surface area contributed by atoms with Crippen molar-refractivity contribution in [2.24, 2.45) is 28.5 Å². The van der Waals surface area contributed by atoms with Crippen molar-refractivity contribution in [3.8, 4) is 6.07 Å². The monoisotopic (exact) mass is 516 g/mol. The Morgan fingerprint density at radius 1 is 1.18 bits per heavy atom. The number of hydrogen-bond donors (Lipinski definition) is 5. The van der Waals surface area contributed by atoms with Gasteiger partial charge in [0, 0.05) is 31.2 Å². The van der Waals surface area contributed by atoms with E-state index in [4.69, 9.17) is 16.6 Å². The number of likely N-dealkylation sites (tertiary alicyclic amines) is 1. The van der Waals surface area contributed by atoms with E-state index in [0.29, 0.717) is 35.0 Å². The molecule has 2 aliphatic rings. The summed E-state index contributed by atoms with van der Waals surface area (Å²) in [6.07, 6.45) is 5.16. The molecule has 0 spiro atoms. The number of piperidine rings is 2. The van der Waals surface area contributed by atoms with Gasteiger partial charge in [0.2, 0.25) is 5.95 Å². The van der Waals surface area contributed by atoms with Crippen LogP contribution >= 0.6 is 0 Å². The van der Waals surface area contributed by atoms with Crippen LogP contribution in [0.1, 0.15) is 31.2 Å². The molecule has 5 rings (SSSR count). The largest absolute Gasteiger partial charge is 0.385 e. The molecule has 13 nitrogen and oxygen atoms in total. The van der Waals surface area contributed by atoms with Gasteiger partial charge >= 0.3 is 0 Å². The van der Waals surface area contributed by atoms with E-state index in [1.54, 1.807) is 0 Å². The highest BCUT2D eigenvalue weighted by Gasteiger charge is 2.24. The minimum atomic E-state index is -0.363. The number of anilines is 3. The Balaban J connectivity index is 1.30. The van der Waals surface area contributed by atoms with E-state index in [1.807, 2.05) is 17.0 Å². The first-order valence-corrected chi connectivity index (χ1v) is 12.8. The Hall–Kier alpha value is -4.28. The molecule has 2 fully saturated rings. The maximum absolute atomic E-state index is 12.6. The minimum Gasteiger partial charge on any atom is -0.385 e. The lowest BCUT2D eigenvalue weighted by Crippen LogP contribution is -2.39. The van der Waals surface area contributed by atoms with Crippen molar-refractivity contribution in [2.45, 2.75) is 32.2 Å². The molecule has 1 aromatic carbocycles. The maximum atomic E-state index is 12.6. The molecule has 2 aliphatic heterocycles. The first kappa shape index (κ1) is 25.4. The summed E-state index contributed by atoms with van der Waals surface area (Å²) in [4.78, 5) is 26.3. The van der Waals surface area contributed by atoms with Crippen molar-refractivity contribution in [3.05, 3.63) is 46.4 Å². The Labute approximate surface area is 219 Å². The van der Waals surface area contributed by atoms with Crippen LogP contribution in [0.3, 0.4) is 0 Å². The third-order valence-electron chi connectivity index (χ3n) is 7.21. The topological polar surface area (TPSA) is 190 Å². The summed E-state index contributed by atoms with van der Waals surface area (Å²) in [5, 5.41) is 23.3. The molecule has 0 radical (unpaired) electrons. The van der Waals surface area contributed by atoms with Gasteiger partial charge in [0.05, 0.1) is 18.2 Å². The first-order valence-electron chi connectivity index (χ1n) is 12.8. The Morgan fingerprint density at radius 3 is 2.71 bits per heavy atom. The zero-order valence-corrected chi connectivity index (χ0v) is 21.1. The predicted molar refractivity (Wildman–Crippen MR) is 145 cm³/mol. The number of benzene rings is 1. The summed E-state index contributed by atoms with van der Waals surface area (Å²) in [6, 6.07) is 10.5. The number of nitrogens with two attached hydrogens (primary N) is 2. The van der Waals surface area contributed by atoms with Crippen molar-refractivity contribution in [2.75, 3.05) is 36.4 Å². The van der Waals surface area contributed by atoms with E-state index >= 15 is 0 Å². The highest BCUT2D eigenvalue weighted by atomic mass is 16.1. The first-order chi connectivity index (χ1) is 18.5. The van der Waals surface area contributed by atoms with Crippen LogP contribution in [0.2, 0.25) is 0 Å². The highest BCUT2D eigenvalue weighted by molar-refractivity contribution is 5.90. The molecule has 7 N–H and O–H groups in total. The minimum absolute atomic E-state index is 0.0662. The van der Waals surface area contributed by atoms with Gasteiger partial charge in [-0.2, -0.15) is 20.4 Å². The zero-order chi connectivity index (χ0) is 26.5. The fourth-order valence-electron chi connectivity index (χ4n) is 5.13. The molecular weight excluding hydrogens is 484 g/mol. The smallest absolute Gasteiger partial charge is 0.277 e. The van der Waals surface area contributed by atoms with Crippen LogP contribution in [0.25, 0.3) is 10.9 Å². The molecular formula is C25H32N12O. The number of aromatic amines is 1. The van der Waals surface area contributed by atoms with E-state index in [-0.39, 0.29) is 17.4 Å². The van der Waals surface area contributed by atoms with Gasteiger partial charge in [-0.1, -0.05) is 12.1 Å². The molecule has 1 unspecified atom stereocenters. The van der Waals surface area contributed by atoms with E-state index in [9.17, 15) is 10.1 Å². The number of hydrogen-bond acceptors (Lipinski definition) is 11. The fourth-order valence-corrected chi connectivity index (χ4v) is 5.13. The normalized spacial score (nSPS) is 19.3. The van der Waals surface area contributed by atoms with Crippen molar-refractivity contribution in [1.82, 2.24) is 30.6 Å². The van der Waals surface area contributed by atoms with Crippen molar-refractivity contribution < 1.29 is 0 Å². The lowest BCUT2D eigenvalue weighted by molar-refractivity contribution is 0.201. The predicted octanol–water partition coefficient (Wildman–Crippen LogP) is 1.14. The third kappa shape index (κ3) is 5.66. The van der Waals surface area contributed by atoms with E-state index in [0.717, 1.165) is 57.5 Å². The number of nitrogens with one attached hydrogen (secondary N) is 3. The van der Waals surface area contributed by atoms with Gasteiger partial charge in [0.1, 0.15) is 22.6 Å². The molecule has 13 heteroatoms. The second-order valence-corrected chi connectivity index (χ2v) is 9.78. The molecule has 0 saturated carbocycles. The summed E-state index contributed by atoms with van der Waals surface area (Å²) in [6.45, 7) is 4.02. The van der Waals surface area contributed by atoms with Crippen LogP contribution in [0, 0.1) is 23.2 Å². The number of nitriles is 1. The van der Waals surface area contributed by atoms with Crippen molar-refractivity contribution in [1.29, 1.82) is 5.26 Å². The number of hydrazone groups is 1. The number of hydrazine groups is 1.